The number of ether oxygens (including phenoxy) is 1. The van der Waals surface area contributed by atoms with Gasteiger partial charge in [0.2, 0.25) is 11.8 Å². The normalized spacial score (nSPS) is 11.5. The van der Waals surface area contributed by atoms with Crippen molar-refractivity contribution >= 4 is 29.4 Å². The predicted octanol–water partition coefficient (Wildman–Crippen LogP) is 1.48. The second-order valence-corrected chi connectivity index (χ2v) is 6.62. The first-order chi connectivity index (χ1) is 11.3. The van der Waals surface area contributed by atoms with E-state index in [1.807, 2.05) is 24.3 Å². The molecule has 0 aliphatic heterocycles. The van der Waals surface area contributed by atoms with Crippen molar-refractivity contribution in [3.05, 3.63) is 29.8 Å². The third-order valence-corrected chi connectivity index (χ3v) is 3.94. The van der Waals surface area contributed by atoms with Crippen molar-refractivity contribution in [1.82, 2.24) is 10.2 Å². The smallest absolute Gasteiger partial charge is 0.245 e. The highest BCUT2D eigenvalue weighted by molar-refractivity contribution is 7.99. The molecular weight excluding hydrogens is 328 g/mol. The molecule has 0 bridgehead atoms. The zero-order valence-corrected chi connectivity index (χ0v) is 15.3. The van der Waals surface area contributed by atoms with Crippen LogP contribution in [0.15, 0.2) is 24.3 Å². The van der Waals surface area contributed by atoms with Gasteiger partial charge in [0.15, 0.2) is 0 Å². The number of Topliss-reactive ketones (excluding diaryl/α,β-unsaturated/α-hetero) is 1. The van der Waals surface area contributed by atoms with Crippen LogP contribution in [0.2, 0.25) is 0 Å². The lowest BCUT2D eigenvalue weighted by Gasteiger charge is -2.20. The van der Waals surface area contributed by atoms with Crippen LogP contribution in [0.4, 0.5) is 0 Å². The van der Waals surface area contributed by atoms with Gasteiger partial charge in [-0.15, -0.1) is 11.8 Å². The molecule has 7 heteroatoms. The molecule has 1 aromatic rings. The second-order valence-electron chi connectivity index (χ2n) is 5.64. The number of amides is 2. The van der Waals surface area contributed by atoms with E-state index in [1.54, 1.807) is 21.0 Å². The number of ketones is 1. The molecule has 0 aromatic heterocycles. The van der Waals surface area contributed by atoms with Crippen LogP contribution >= 0.6 is 11.8 Å². The summed E-state index contributed by atoms with van der Waals surface area (Å²) in [4.78, 5) is 35.7. The zero-order valence-electron chi connectivity index (χ0n) is 14.5. The van der Waals surface area contributed by atoms with Gasteiger partial charge in [0.25, 0.3) is 0 Å². The number of likely N-dealkylation sites (N-methyl/N-ethyl adjacent to an activating group) is 1. The van der Waals surface area contributed by atoms with Crippen LogP contribution in [0.1, 0.15) is 19.4 Å². The van der Waals surface area contributed by atoms with Gasteiger partial charge in [-0.1, -0.05) is 12.1 Å². The largest absolute Gasteiger partial charge is 0.483 e. The van der Waals surface area contributed by atoms with Gasteiger partial charge in [0.05, 0.1) is 0 Å². The van der Waals surface area contributed by atoms with Crippen molar-refractivity contribution in [3.63, 3.8) is 0 Å². The van der Waals surface area contributed by atoms with Crippen molar-refractivity contribution in [3.8, 4) is 5.75 Å². The molecule has 2 amide bonds. The minimum absolute atomic E-state index is 0.119. The van der Waals surface area contributed by atoms with Gasteiger partial charge in [0.1, 0.15) is 23.5 Å². The molecule has 0 radical (unpaired) electrons. The van der Waals surface area contributed by atoms with Crippen LogP contribution in [0, 0.1) is 0 Å². The minimum atomic E-state index is -0.566. The third kappa shape index (κ3) is 7.50. The molecule has 1 unspecified atom stereocenters. The summed E-state index contributed by atoms with van der Waals surface area (Å²) in [6, 6.07) is 6.78. The van der Waals surface area contributed by atoms with E-state index >= 15 is 0 Å². The first-order valence-corrected chi connectivity index (χ1v) is 8.72. The Hall–Kier alpha value is -2.02. The van der Waals surface area contributed by atoms with Gasteiger partial charge in [-0.2, -0.15) is 0 Å². The molecule has 0 saturated heterocycles. The lowest BCUT2D eigenvalue weighted by atomic mass is 10.1. The van der Waals surface area contributed by atoms with E-state index in [2.05, 4.69) is 5.32 Å². The second kappa shape index (κ2) is 9.97. The topological polar surface area (TPSA) is 75.7 Å². The molecule has 0 saturated carbocycles. The Morgan fingerprint density at radius 3 is 2.29 bits per heavy atom. The highest BCUT2D eigenvalue weighted by Gasteiger charge is 2.20. The minimum Gasteiger partial charge on any atom is -0.483 e. The SMILES string of the molecule is CC(=O)Cc1ccc(OCSCC(NC(C)=O)C(=O)N(C)C)cc1. The Labute approximate surface area is 146 Å². The molecule has 1 rings (SSSR count). The Bertz CT molecular complexity index is 572. The van der Waals surface area contributed by atoms with Crippen LogP contribution in [0.5, 0.6) is 5.75 Å². The summed E-state index contributed by atoms with van der Waals surface area (Å²) in [5.41, 5.74) is 0.949. The van der Waals surface area contributed by atoms with Crippen molar-refractivity contribution in [2.45, 2.75) is 26.3 Å². The number of hydrogen-bond acceptors (Lipinski definition) is 5. The Morgan fingerprint density at radius 2 is 1.79 bits per heavy atom. The lowest BCUT2D eigenvalue weighted by molar-refractivity contribution is -0.133. The number of hydrogen-bond donors (Lipinski definition) is 1. The maximum atomic E-state index is 12.0. The molecule has 0 fully saturated rings. The molecule has 0 aliphatic carbocycles. The monoisotopic (exact) mass is 352 g/mol. The molecule has 1 aromatic carbocycles. The van der Waals surface area contributed by atoms with Gasteiger partial charge in [-0.25, -0.2) is 0 Å². The van der Waals surface area contributed by atoms with Crippen LogP contribution in [0.25, 0.3) is 0 Å². The van der Waals surface area contributed by atoms with E-state index in [1.165, 1.54) is 23.6 Å². The van der Waals surface area contributed by atoms with Gasteiger partial charge < -0.3 is 15.0 Å². The summed E-state index contributed by atoms with van der Waals surface area (Å²) < 4.78 is 5.60. The Balaban J connectivity index is 2.43. The molecule has 6 nitrogen and oxygen atoms in total. The fourth-order valence-corrected chi connectivity index (χ4v) is 2.78. The third-order valence-electron chi connectivity index (χ3n) is 3.09. The van der Waals surface area contributed by atoms with Gasteiger partial charge >= 0.3 is 0 Å². The van der Waals surface area contributed by atoms with E-state index in [4.69, 9.17) is 4.74 Å². The number of nitrogens with one attached hydrogen (secondary N) is 1. The fraction of sp³-hybridized carbons (Fsp3) is 0.471. The number of rotatable bonds is 9. The molecule has 1 atom stereocenters. The van der Waals surface area contributed by atoms with Gasteiger partial charge in [0, 0.05) is 33.2 Å². The van der Waals surface area contributed by atoms with E-state index < -0.39 is 6.04 Å². The molecule has 0 heterocycles. The van der Waals surface area contributed by atoms with Crippen molar-refractivity contribution < 1.29 is 19.1 Å². The van der Waals surface area contributed by atoms with Crippen LogP contribution in [-0.2, 0) is 20.8 Å². The molecule has 132 valence electrons. The van der Waals surface area contributed by atoms with Crippen molar-refractivity contribution in [1.29, 1.82) is 0 Å². The predicted molar refractivity (Wildman–Crippen MR) is 95.1 cm³/mol. The van der Waals surface area contributed by atoms with E-state index in [0.29, 0.717) is 23.9 Å². The number of carbonyl (C=O) groups is 3. The van der Waals surface area contributed by atoms with Crippen molar-refractivity contribution in [2.24, 2.45) is 0 Å². The fourth-order valence-electron chi connectivity index (χ4n) is 2.00. The van der Waals surface area contributed by atoms with Crippen LogP contribution in [0.3, 0.4) is 0 Å². The summed E-state index contributed by atoms with van der Waals surface area (Å²) in [5.74, 6) is 1.23. The van der Waals surface area contributed by atoms with Crippen LogP contribution < -0.4 is 10.1 Å². The van der Waals surface area contributed by atoms with Crippen molar-refractivity contribution in [2.75, 3.05) is 25.8 Å². The van der Waals surface area contributed by atoms with Gasteiger partial charge in [-0.3, -0.25) is 14.4 Å². The Morgan fingerprint density at radius 1 is 1.17 bits per heavy atom. The Kier molecular flexibility index (Phi) is 8.32. The number of thioether (sulfide) groups is 1. The summed E-state index contributed by atoms with van der Waals surface area (Å²) in [6.07, 6.45) is 0.417. The quantitative estimate of drug-likeness (QED) is 0.538. The van der Waals surface area contributed by atoms with Crippen LogP contribution in [-0.4, -0.2) is 54.3 Å². The maximum Gasteiger partial charge on any atom is 0.245 e. The highest BCUT2D eigenvalue weighted by atomic mass is 32.2. The first kappa shape index (κ1) is 20.0. The molecular formula is C17H24N2O4S. The average Bonchev–Trinajstić information content (AvgIpc) is 2.50. The summed E-state index contributed by atoms with van der Waals surface area (Å²) in [7, 11) is 3.31. The van der Waals surface area contributed by atoms with E-state index in [-0.39, 0.29) is 17.6 Å². The van der Waals surface area contributed by atoms with E-state index in [0.717, 1.165) is 5.56 Å². The zero-order chi connectivity index (χ0) is 18.1. The lowest BCUT2D eigenvalue weighted by Crippen LogP contribution is -2.47. The maximum absolute atomic E-state index is 12.0. The standard InChI is InChI=1S/C17H24N2O4S/c1-12(20)9-14-5-7-15(8-6-14)23-11-24-10-16(18-13(2)21)17(22)19(3)4/h5-8,16H,9-11H2,1-4H3,(H,18,21). The average molecular weight is 352 g/mol. The van der Waals surface area contributed by atoms with E-state index in [9.17, 15) is 14.4 Å². The highest BCUT2D eigenvalue weighted by Crippen LogP contribution is 2.15. The summed E-state index contributed by atoms with van der Waals surface area (Å²) >= 11 is 1.42. The first-order valence-electron chi connectivity index (χ1n) is 7.56. The number of nitrogens with zero attached hydrogens (tertiary/aromatic N) is 1. The molecule has 1 N–H and O–H groups in total. The molecule has 0 aliphatic rings. The summed E-state index contributed by atoms with van der Waals surface area (Å²) in [6.45, 7) is 2.95. The molecule has 0 spiro atoms. The summed E-state index contributed by atoms with van der Waals surface area (Å²) in [5, 5.41) is 2.65. The van der Waals surface area contributed by atoms with Gasteiger partial charge in [-0.05, 0) is 24.6 Å². The number of carbonyl (C=O) groups excluding carboxylic acids is 3. The number of benzene rings is 1. The molecule has 24 heavy (non-hydrogen) atoms.